The maximum absolute atomic E-state index is 13.8. The second-order valence-electron chi connectivity index (χ2n) is 5.71. The molecule has 2 aromatic carbocycles. The average Bonchev–Trinajstić information content (AvgIpc) is 3.04. The predicted octanol–water partition coefficient (Wildman–Crippen LogP) is 3.46. The van der Waals surface area contributed by atoms with Crippen LogP contribution in [0.1, 0.15) is 5.56 Å². The summed E-state index contributed by atoms with van der Waals surface area (Å²) >= 11 is 6.20. The number of nitrogens with one attached hydrogen (secondary N) is 2. The monoisotopic (exact) mass is 446 g/mol. The third-order valence-corrected chi connectivity index (χ3v) is 4.87. The van der Waals surface area contributed by atoms with Crippen LogP contribution in [0, 0.1) is 0 Å². The van der Waals surface area contributed by atoms with Crippen LogP contribution in [0.25, 0.3) is 11.1 Å². The van der Waals surface area contributed by atoms with Crippen molar-refractivity contribution >= 4 is 40.2 Å². The molecule has 1 aromatic heterocycles. The maximum atomic E-state index is 13.8. The molecule has 0 bridgehead atoms. The van der Waals surface area contributed by atoms with Gasteiger partial charge in [0.25, 0.3) is 0 Å². The third-order valence-electron chi connectivity index (χ3n) is 3.82. The number of H-pyrrole nitrogens is 1. The van der Waals surface area contributed by atoms with Gasteiger partial charge in [0.15, 0.2) is 0 Å². The van der Waals surface area contributed by atoms with E-state index in [4.69, 9.17) is 27.2 Å². The smallest absolute Gasteiger partial charge is 0.417 e. The molecule has 0 amide bonds. The van der Waals surface area contributed by atoms with Crippen LogP contribution in [0.5, 0.6) is 5.75 Å². The first-order valence-corrected chi connectivity index (χ1v) is 9.39. The lowest BCUT2D eigenvalue weighted by Gasteiger charge is -2.18. The Bertz CT molecular complexity index is 1090. The molecule has 29 heavy (non-hydrogen) atoms. The number of halogens is 4. The average molecular weight is 447 g/mol. The Morgan fingerprint density at radius 1 is 1.28 bits per heavy atom. The van der Waals surface area contributed by atoms with Crippen molar-refractivity contribution < 1.29 is 22.1 Å². The van der Waals surface area contributed by atoms with Crippen LogP contribution in [0.4, 0.5) is 30.8 Å². The van der Waals surface area contributed by atoms with E-state index in [1.165, 1.54) is 31.4 Å². The Morgan fingerprint density at radius 2 is 2.00 bits per heavy atom. The van der Waals surface area contributed by atoms with Crippen LogP contribution in [-0.4, -0.2) is 26.5 Å². The molecular formula is C16H14ClF3N6O2S. The van der Waals surface area contributed by atoms with Crippen LogP contribution < -0.4 is 20.9 Å². The number of rotatable bonds is 5. The number of methoxy groups -OCH3 is 1. The van der Waals surface area contributed by atoms with Gasteiger partial charge in [-0.3, -0.25) is 0 Å². The summed E-state index contributed by atoms with van der Waals surface area (Å²) < 4.78 is 58.2. The molecule has 3 rings (SSSR count). The largest absolute Gasteiger partial charge is 0.495 e. The molecule has 0 aliphatic rings. The topological polar surface area (TPSA) is 132 Å². The fourth-order valence-electron chi connectivity index (χ4n) is 2.64. The van der Waals surface area contributed by atoms with Crippen molar-refractivity contribution in [1.82, 2.24) is 15.2 Å². The van der Waals surface area contributed by atoms with Gasteiger partial charge in [0.2, 0.25) is 11.9 Å². The highest BCUT2D eigenvalue weighted by Gasteiger charge is 2.35. The number of aromatic nitrogens is 3. The number of nitrogens with zero attached hydrogens (tertiary/aromatic N) is 2. The van der Waals surface area contributed by atoms with Gasteiger partial charge < -0.3 is 15.8 Å². The van der Waals surface area contributed by atoms with E-state index in [1.807, 2.05) is 0 Å². The molecule has 1 heterocycles. The lowest BCUT2D eigenvalue weighted by atomic mass is 9.98. The lowest BCUT2D eigenvalue weighted by Crippen LogP contribution is -2.10. The quantitative estimate of drug-likeness (QED) is 0.474. The zero-order chi connectivity index (χ0) is 21.3. The molecule has 1 unspecified atom stereocenters. The first-order valence-electron chi connectivity index (χ1n) is 7.80. The SMILES string of the molecule is COc1ccc(-c2c(Cl)cc(Nc3n[nH]c(N)n3)cc2C(F)(F)F)cc1S(N)=O. The first kappa shape index (κ1) is 20.9. The van der Waals surface area contributed by atoms with E-state index in [9.17, 15) is 17.4 Å². The van der Waals surface area contributed by atoms with Gasteiger partial charge in [-0.15, -0.1) is 5.10 Å². The second-order valence-corrected chi connectivity index (χ2v) is 7.15. The van der Waals surface area contributed by atoms with Crippen molar-refractivity contribution in [3.8, 4) is 16.9 Å². The van der Waals surface area contributed by atoms with Crippen molar-refractivity contribution in [3.05, 3.63) is 40.9 Å². The van der Waals surface area contributed by atoms with E-state index < -0.39 is 22.7 Å². The van der Waals surface area contributed by atoms with Crippen LogP contribution in [0.2, 0.25) is 5.02 Å². The summed E-state index contributed by atoms with van der Waals surface area (Å²) in [6.07, 6.45) is -4.74. The van der Waals surface area contributed by atoms with Crippen LogP contribution in [-0.2, 0) is 17.2 Å². The molecule has 13 heteroatoms. The highest BCUT2D eigenvalue weighted by molar-refractivity contribution is 7.82. The summed E-state index contributed by atoms with van der Waals surface area (Å²) in [5.41, 5.74) is 4.16. The van der Waals surface area contributed by atoms with Gasteiger partial charge in [-0.2, -0.15) is 18.2 Å². The number of hydrogen-bond acceptors (Lipinski definition) is 6. The number of nitrogens with two attached hydrogens (primary N) is 2. The fourth-order valence-corrected chi connectivity index (χ4v) is 3.57. The molecule has 0 aliphatic heterocycles. The first-order chi connectivity index (χ1) is 13.6. The molecule has 0 radical (unpaired) electrons. The van der Waals surface area contributed by atoms with Gasteiger partial charge in [-0.25, -0.2) is 14.4 Å². The molecule has 8 nitrogen and oxygen atoms in total. The molecular weight excluding hydrogens is 433 g/mol. The molecule has 6 N–H and O–H groups in total. The Balaban J connectivity index is 2.16. The van der Waals surface area contributed by atoms with Crippen molar-refractivity contribution in [2.75, 3.05) is 18.2 Å². The summed E-state index contributed by atoms with van der Waals surface area (Å²) in [5.74, 6) is 0.149. The van der Waals surface area contributed by atoms with Crippen molar-refractivity contribution in [2.24, 2.45) is 5.14 Å². The Morgan fingerprint density at radius 3 is 2.55 bits per heavy atom. The molecule has 0 fully saturated rings. The molecule has 3 aromatic rings. The second kappa shape index (κ2) is 7.89. The van der Waals surface area contributed by atoms with Gasteiger partial charge in [-0.05, 0) is 29.8 Å². The fraction of sp³-hybridized carbons (Fsp3) is 0.125. The van der Waals surface area contributed by atoms with Gasteiger partial charge in [-0.1, -0.05) is 17.7 Å². The minimum Gasteiger partial charge on any atom is -0.495 e. The van der Waals surface area contributed by atoms with E-state index in [0.29, 0.717) is 0 Å². The summed E-state index contributed by atoms with van der Waals surface area (Å²) in [4.78, 5) is 3.81. The molecule has 1 atom stereocenters. The van der Waals surface area contributed by atoms with Gasteiger partial charge in [0.1, 0.15) is 16.7 Å². The van der Waals surface area contributed by atoms with Crippen LogP contribution in [0.3, 0.4) is 0 Å². The predicted molar refractivity (Wildman–Crippen MR) is 103 cm³/mol. The Kier molecular flexibility index (Phi) is 5.68. The summed E-state index contributed by atoms with van der Waals surface area (Å²) in [6.45, 7) is 0. The van der Waals surface area contributed by atoms with Gasteiger partial charge >= 0.3 is 6.18 Å². The van der Waals surface area contributed by atoms with Crippen LogP contribution in [0.15, 0.2) is 35.2 Å². The van der Waals surface area contributed by atoms with E-state index in [2.05, 4.69) is 20.5 Å². The zero-order valence-corrected chi connectivity index (χ0v) is 16.2. The zero-order valence-electron chi connectivity index (χ0n) is 14.7. The molecule has 0 aliphatic carbocycles. The summed E-state index contributed by atoms with van der Waals surface area (Å²) in [7, 11) is -0.652. The molecule has 0 saturated carbocycles. The third kappa shape index (κ3) is 4.44. The number of hydrogen-bond donors (Lipinski definition) is 4. The molecule has 154 valence electrons. The number of aromatic amines is 1. The highest BCUT2D eigenvalue weighted by atomic mass is 35.5. The maximum Gasteiger partial charge on any atom is 0.417 e. The van der Waals surface area contributed by atoms with E-state index in [1.54, 1.807) is 0 Å². The van der Waals surface area contributed by atoms with Crippen LogP contribution >= 0.6 is 11.6 Å². The minimum absolute atomic E-state index is 0.00112. The van der Waals surface area contributed by atoms with Gasteiger partial charge in [0.05, 0.1) is 22.6 Å². The number of ether oxygens (including phenoxy) is 1. The normalized spacial score (nSPS) is 12.6. The van der Waals surface area contributed by atoms with E-state index in [0.717, 1.165) is 6.07 Å². The Labute approximate surface area is 170 Å². The van der Waals surface area contributed by atoms with Gasteiger partial charge in [0, 0.05) is 11.3 Å². The van der Waals surface area contributed by atoms with E-state index in [-0.39, 0.29) is 44.4 Å². The number of anilines is 3. The Hall–Kier alpha value is -2.83. The van der Waals surface area contributed by atoms with Crippen molar-refractivity contribution in [3.63, 3.8) is 0 Å². The van der Waals surface area contributed by atoms with Crippen molar-refractivity contribution in [2.45, 2.75) is 11.1 Å². The van der Waals surface area contributed by atoms with E-state index >= 15 is 0 Å². The highest BCUT2D eigenvalue weighted by Crippen LogP contribution is 2.44. The minimum atomic E-state index is -4.74. The standard InChI is InChI=1S/C16H14ClF3N6O2S/c1-28-11-3-2-7(4-12(11)29(22)27)13-9(16(18,19)20)5-8(6-10(13)17)23-15-24-14(21)25-26-15/h2-6H,22H2,1H3,(H4,21,23,24,25,26). The summed E-state index contributed by atoms with van der Waals surface area (Å²) in [6, 6.07) is 6.12. The lowest BCUT2D eigenvalue weighted by molar-refractivity contribution is -0.137. The molecule has 0 saturated heterocycles. The summed E-state index contributed by atoms with van der Waals surface area (Å²) in [5, 5.41) is 13.9. The van der Waals surface area contributed by atoms with Crippen molar-refractivity contribution in [1.29, 1.82) is 0 Å². The number of alkyl halides is 3. The molecule has 0 spiro atoms. The number of benzene rings is 2. The number of nitrogen functional groups attached to an aromatic ring is 1.